The average molecular weight is 244 g/mol. The molecule has 0 radical (unpaired) electrons. The molecule has 0 aliphatic carbocycles. The maximum Gasteiger partial charge on any atom is 0.0252 e. The number of nitrogens with zero attached hydrogens (tertiary/aromatic N) is 1. The number of rotatable bonds is 4. The molecule has 0 amide bonds. The summed E-state index contributed by atoms with van der Waals surface area (Å²) >= 11 is 2.12. The summed E-state index contributed by atoms with van der Waals surface area (Å²) in [5.41, 5.74) is 0.244. The third-order valence-corrected chi connectivity index (χ3v) is 4.58. The van der Waals surface area contributed by atoms with Crippen molar-refractivity contribution in [1.82, 2.24) is 10.2 Å². The third-order valence-electron chi connectivity index (χ3n) is 3.20. The van der Waals surface area contributed by atoms with Gasteiger partial charge in [-0.2, -0.15) is 11.8 Å². The average Bonchev–Trinajstić information content (AvgIpc) is 2.27. The van der Waals surface area contributed by atoms with Crippen molar-refractivity contribution >= 4 is 11.8 Å². The summed E-state index contributed by atoms with van der Waals surface area (Å²) in [4.78, 5) is 2.62. The van der Waals surface area contributed by atoms with Gasteiger partial charge in [0.05, 0.1) is 0 Å². The van der Waals surface area contributed by atoms with Crippen molar-refractivity contribution in [3.8, 4) is 0 Å². The fourth-order valence-corrected chi connectivity index (χ4v) is 3.45. The molecule has 0 aromatic rings. The fraction of sp³-hybridized carbons (Fsp3) is 1.00. The summed E-state index contributed by atoms with van der Waals surface area (Å²) in [6.07, 6.45) is 1.31. The zero-order chi connectivity index (χ0) is 12.2. The summed E-state index contributed by atoms with van der Waals surface area (Å²) < 4.78 is 0.469. The number of hydrogen-bond acceptors (Lipinski definition) is 3. The van der Waals surface area contributed by atoms with Crippen LogP contribution in [-0.4, -0.2) is 47.1 Å². The van der Waals surface area contributed by atoms with Crippen molar-refractivity contribution < 1.29 is 0 Å². The topological polar surface area (TPSA) is 15.3 Å². The van der Waals surface area contributed by atoms with Crippen LogP contribution in [0.1, 0.15) is 41.0 Å². The lowest BCUT2D eigenvalue weighted by Crippen LogP contribution is -2.49. The van der Waals surface area contributed by atoms with Gasteiger partial charge in [-0.05, 0) is 33.4 Å². The number of likely N-dealkylation sites (N-methyl/N-ethyl adjacent to an activating group) is 1. The van der Waals surface area contributed by atoms with E-state index in [0.717, 1.165) is 13.1 Å². The molecule has 96 valence electrons. The van der Waals surface area contributed by atoms with Crippen LogP contribution in [0, 0.1) is 0 Å². The van der Waals surface area contributed by atoms with Gasteiger partial charge in [0.2, 0.25) is 0 Å². The number of thioether (sulfide) groups is 1. The maximum absolute atomic E-state index is 3.56. The molecule has 0 unspecified atom stereocenters. The molecule has 0 aromatic heterocycles. The first kappa shape index (κ1) is 14.3. The SMILES string of the molecule is CCNC(C)(C)CN1CCSC(C)(C)CC1. The number of hydrogen-bond donors (Lipinski definition) is 1. The van der Waals surface area contributed by atoms with Crippen LogP contribution >= 0.6 is 11.8 Å². The lowest BCUT2D eigenvalue weighted by Gasteiger charge is -2.33. The Morgan fingerprint density at radius 1 is 1.31 bits per heavy atom. The summed E-state index contributed by atoms with van der Waals surface area (Å²) in [6, 6.07) is 0. The Balaban J connectivity index is 2.43. The summed E-state index contributed by atoms with van der Waals surface area (Å²) in [5.74, 6) is 1.27. The Bertz CT molecular complexity index is 214. The molecule has 1 saturated heterocycles. The molecule has 0 atom stereocenters. The standard InChI is InChI=1S/C13H28N2S/c1-6-14-12(2,3)11-15-8-7-13(4,5)16-10-9-15/h14H,6-11H2,1-5H3. The summed E-state index contributed by atoms with van der Waals surface area (Å²) in [7, 11) is 0. The van der Waals surface area contributed by atoms with Gasteiger partial charge in [-0.25, -0.2) is 0 Å². The minimum Gasteiger partial charge on any atom is -0.311 e. The molecule has 1 heterocycles. The van der Waals surface area contributed by atoms with E-state index in [1.807, 2.05) is 0 Å². The Morgan fingerprint density at radius 3 is 2.62 bits per heavy atom. The summed E-state index contributed by atoms with van der Waals surface area (Å²) in [6.45, 7) is 16.2. The first-order chi connectivity index (χ1) is 7.35. The van der Waals surface area contributed by atoms with Gasteiger partial charge in [0.1, 0.15) is 0 Å². The Morgan fingerprint density at radius 2 is 2.00 bits per heavy atom. The first-order valence-electron chi connectivity index (χ1n) is 6.46. The lowest BCUT2D eigenvalue weighted by atomic mass is 10.0. The van der Waals surface area contributed by atoms with E-state index < -0.39 is 0 Å². The molecule has 0 bridgehead atoms. The smallest absolute Gasteiger partial charge is 0.0252 e. The molecule has 1 aliphatic rings. The van der Waals surface area contributed by atoms with Crippen LogP contribution in [0.5, 0.6) is 0 Å². The minimum atomic E-state index is 0.244. The molecule has 16 heavy (non-hydrogen) atoms. The van der Waals surface area contributed by atoms with Crippen molar-refractivity contribution in [2.24, 2.45) is 0 Å². The fourth-order valence-electron chi connectivity index (χ4n) is 2.31. The van der Waals surface area contributed by atoms with Gasteiger partial charge in [-0.3, -0.25) is 0 Å². The highest BCUT2D eigenvalue weighted by Crippen LogP contribution is 2.30. The van der Waals surface area contributed by atoms with Crippen LogP contribution in [0.3, 0.4) is 0 Å². The number of nitrogens with one attached hydrogen (secondary N) is 1. The van der Waals surface area contributed by atoms with Crippen LogP contribution < -0.4 is 5.32 Å². The van der Waals surface area contributed by atoms with Crippen LogP contribution in [0.25, 0.3) is 0 Å². The van der Waals surface area contributed by atoms with E-state index in [9.17, 15) is 0 Å². The largest absolute Gasteiger partial charge is 0.311 e. The molecule has 3 heteroatoms. The zero-order valence-electron chi connectivity index (χ0n) is 11.6. The second-order valence-electron chi connectivity index (χ2n) is 6.05. The van der Waals surface area contributed by atoms with Gasteiger partial charge in [0.25, 0.3) is 0 Å². The van der Waals surface area contributed by atoms with Crippen LogP contribution in [0.4, 0.5) is 0 Å². The van der Waals surface area contributed by atoms with Gasteiger partial charge in [-0.15, -0.1) is 0 Å². The highest BCUT2D eigenvalue weighted by atomic mass is 32.2. The minimum absolute atomic E-state index is 0.244. The van der Waals surface area contributed by atoms with Gasteiger partial charge in [-0.1, -0.05) is 20.8 Å². The van der Waals surface area contributed by atoms with Crippen LogP contribution in [0.15, 0.2) is 0 Å². The van der Waals surface area contributed by atoms with E-state index in [4.69, 9.17) is 0 Å². The maximum atomic E-state index is 3.56. The molecule has 1 fully saturated rings. The predicted molar refractivity (Wildman–Crippen MR) is 75.3 cm³/mol. The predicted octanol–water partition coefficient (Wildman–Crippen LogP) is 2.59. The zero-order valence-corrected chi connectivity index (χ0v) is 12.4. The Kier molecular flexibility index (Phi) is 5.14. The summed E-state index contributed by atoms with van der Waals surface area (Å²) in [5, 5.41) is 3.56. The highest BCUT2D eigenvalue weighted by molar-refractivity contribution is 8.00. The monoisotopic (exact) mass is 244 g/mol. The molecular formula is C13H28N2S. The second kappa shape index (κ2) is 5.74. The van der Waals surface area contributed by atoms with Crippen molar-refractivity contribution in [1.29, 1.82) is 0 Å². The van der Waals surface area contributed by atoms with Gasteiger partial charge in [0, 0.05) is 29.1 Å². The third kappa shape index (κ3) is 5.07. The lowest BCUT2D eigenvalue weighted by molar-refractivity contribution is 0.209. The van der Waals surface area contributed by atoms with E-state index in [-0.39, 0.29) is 5.54 Å². The van der Waals surface area contributed by atoms with Crippen molar-refractivity contribution in [3.05, 3.63) is 0 Å². The first-order valence-corrected chi connectivity index (χ1v) is 7.44. The van der Waals surface area contributed by atoms with Gasteiger partial charge >= 0.3 is 0 Å². The Hall–Kier alpha value is 0.270. The van der Waals surface area contributed by atoms with E-state index in [1.165, 1.54) is 25.3 Å². The van der Waals surface area contributed by atoms with Crippen molar-refractivity contribution in [2.45, 2.75) is 51.3 Å². The van der Waals surface area contributed by atoms with Gasteiger partial charge in [0.15, 0.2) is 0 Å². The van der Waals surface area contributed by atoms with Crippen LogP contribution in [-0.2, 0) is 0 Å². The highest BCUT2D eigenvalue weighted by Gasteiger charge is 2.26. The van der Waals surface area contributed by atoms with Crippen molar-refractivity contribution in [3.63, 3.8) is 0 Å². The van der Waals surface area contributed by atoms with E-state index in [2.05, 4.69) is 56.6 Å². The Labute approximate surface area is 106 Å². The molecule has 1 aliphatic heterocycles. The quantitative estimate of drug-likeness (QED) is 0.818. The normalized spacial score (nSPS) is 23.1. The van der Waals surface area contributed by atoms with Crippen LogP contribution in [0.2, 0.25) is 0 Å². The van der Waals surface area contributed by atoms with Crippen molar-refractivity contribution in [2.75, 3.05) is 31.9 Å². The second-order valence-corrected chi connectivity index (χ2v) is 7.85. The molecule has 0 aromatic carbocycles. The van der Waals surface area contributed by atoms with Gasteiger partial charge < -0.3 is 10.2 Å². The molecule has 0 spiro atoms. The van der Waals surface area contributed by atoms with E-state index in [0.29, 0.717) is 4.75 Å². The molecule has 2 nitrogen and oxygen atoms in total. The molecular weight excluding hydrogens is 216 g/mol. The van der Waals surface area contributed by atoms with E-state index in [1.54, 1.807) is 0 Å². The molecule has 1 N–H and O–H groups in total. The van der Waals surface area contributed by atoms with E-state index >= 15 is 0 Å². The molecule has 0 saturated carbocycles. The molecule has 1 rings (SSSR count).